The number of aliphatic hydroxyl groups is 1. The van der Waals surface area contributed by atoms with Gasteiger partial charge < -0.3 is 20.3 Å². The molecule has 1 aliphatic rings. The number of hydrogen-bond acceptors (Lipinski definition) is 5. The number of benzene rings is 1. The van der Waals surface area contributed by atoms with Crippen LogP contribution in [0.15, 0.2) is 24.3 Å². The molecule has 1 atom stereocenters. The first-order valence-electron chi connectivity index (χ1n) is 6.70. The number of hydrogen-bond donors (Lipinski definition) is 2. The molecule has 0 bridgehead atoms. The van der Waals surface area contributed by atoms with Crippen molar-refractivity contribution in [3.05, 3.63) is 24.3 Å². The van der Waals surface area contributed by atoms with E-state index >= 15 is 0 Å². The molecule has 5 heteroatoms. The molecular formula is C14H22N2O3. The van der Waals surface area contributed by atoms with Crippen LogP contribution in [0.4, 0.5) is 5.69 Å². The van der Waals surface area contributed by atoms with E-state index in [1.165, 1.54) is 0 Å². The van der Waals surface area contributed by atoms with Crippen molar-refractivity contribution in [3.8, 4) is 5.75 Å². The Hall–Kier alpha value is -1.30. The highest BCUT2D eigenvalue weighted by Crippen LogP contribution is 2.14. The zero-order valence-corrected chi connectivity index (χ0v) is 11.1. The van der Waals surface area contributed by atoms with Crippen molar-refractivity contribution >= 4 is 5.69 Å². The fourth-order valence-electron chi connectivity index (χ4n) is 2.13. The number of nitrogens with zero attached hydrogens (tertiary/aromatic N) is 1. The molecule has 1 heterocycles. The fraction of sp³-hybridized carbons (Fsp3) is 0.571. The number of rotatable bonds is 5. The molecule has 0 amide bonds. The summed E-state index contributed by atoms with van der Waals surface area (Å²) >= 11 is 0. The Morgan fingerprint density at radius 3 is 3.11 bits per heavy atom. The van der Waals surface area contributed by atoms with Gasteiger partial charge in [0.1, 0.15) is 18.5 Å². The number of aliphatic hydroxyl groups excluding tert-OH is 1. The van der Waals surface area contributed by atoms with Gasteiger partial charge in [-0.1, -0.05) is 6.07 Å². The first-order chi connectivity index (χ1) is 9.24. The molecule has 1 aliphatic heterocycles. The van der Waals surface area contributed by atoms with E-state index in [0.29, 0.717) is 18.0 Å². The van der Waals surface area contributed by atoms with E-state index in [0.717, 1.165) is 32.7 Å². The Bertz CT molecular complexity index is 379. The highest BCUT2D eigenvalue weighted by Gasteiger charge is 2.14. The minimum Gasteiger partial charge on any atom is -0.491 e. The van der Waals surface area contributed by atoms with Crippen LogP contribution in [0, 0.1) is 0 Å². The normalized spacial score (nSPS) is 18.8. The molecule has 1 unspecified atom stereocenters. The van der Waals surface area contributed by atoms with Gasteiger partial charge >= 0.3 is 0 Å². The molecule has 5 nitrogen and oxygen atoms in total. The third kappa shape index (κ3) is 5.06. The summed E-state index contributed by atoms with van der Waals surface area (Å²) in [7, 11) is 0. The van der Waals surface area contributed by atoms with Crippen molar-refractivity contribution in [2.24, 2.45) is 0 Å². The fourth-order valence-corrected chi connectivity index (χ4v) is 2.13. The lowest BCUT2D eigenvalue weighted by atomic mass is 10.3. The van der Waals surface area contributed by atoms with Crippen LogP contribution >= 0.6 is 0 Å². The second kappa shape index (κ2) is 7.33. The molecule has 3 N–H and O–H groups in total. The maximum Gasteiger partial charge on any atom is 0.121 e. The van der Waals surface area contributed by atoms with Gasteiger partial charge in [-0.05, 0) is 18.6 Å². The van der Waals surface area contributed by atoms with E-state index in [-0.39, 0.29) is 6.61 Å². The SMILES string of the molecule is Nc1cccc(OCC(O)CN2CCCOCC2)c1. The van der Waals surface area contributed by atoms with Gasteiger partial charge in [-0.2, -0.15) is 0 Å². The van der Waals surface area contributed by atoms with Crippen LogP contribution in [0.2, 0.25) is 0 Å². The molecule has 1 aromatic rings. The van der Waals surface area contributed by atoms with E-state index in [1.54, 1.807) is 12.1 Å². The maximum atomic E-state index is 9.99. The van der Waals surface area contributed by atoms with Crippen molar-refractivity contribution in [3.63, 3.8) is 0 Å². The highest BCUT2D eigenvalue weighted by molar-refractivity contribution is 5.43. The molecule has 0 spiro atoms. The predicted molar refractivity (Wildman–Crippen MR) is 74.2 cm³/mol. The Morgan fingerprint density at radius 2 is 2.26 bits per heavy atom. The van der Waals surface area contributed by atoms with Crippen molar-refractivity contribution in [2.75, 3.05) is 45.2 Å². The van der Waals surface area contributed by atoms with Crippen LogP contribution in [0.3, 0.4) is 0 Å². The van der Waals surface area contributed by atoms with E-state index in [4.69, 9.17) is 15.2 Å². The van der Waals surface area contributed by atoms with Crippen LogP contribution in [0.5, 0.6) is 5.75 Å². The van der Waals surface area contributed by atoms with Gasteiger partial charge in [-0.15, -0.1) is 0 Å². The second-order valence-electron chi connectivity index (χ2n) is 4.80. The third-order valence-electron chi connectivity index (χ3n) is 3.08. The quantitative estimate of drug-likeness (QED) is 0.769. The van der Waals surface area contributed by atoms with Crippen LogP contribution in [-0.4, -0.2) is 55.6 Å². The minimum atomic E-state index is -0.500. The average Bonchev–Trinajstić information content (AvgIpc) is 2.65. The van der Waals surface area contributed by atoms with Gasteiger partial charge in [0.2, 0.25) is 0 Å². The maximum absolute atomic E-state index is 9.99. The van der Waals surface area contributed by atoms with Crippen molar-refractivity contribution in [2.45, 2.75) is 12.5 Å². The highest BCUT2D eigenvalue weighted by atomic mass is 16.5. The minimum absolute atomic E-state index is 0.279. The summed E-state index contributed by atoms with van der Waals surface area (Å²) in [6, 6.07) is 7.24. The van der Waals surface area contributed by atoms with E-state index < -0.39 is 6.10 Å². The second-order valence-corrected chi connectivity index (χ2v) is 4.80. The number of ether oxygens (including phenoxy) is 2. The summed E-state index contributed by atoms with van der Waals surface area (Å²) in [6.45, 7) is 4.28. The van der Waals surface area contributed by atoms with Crippen LogP contribution < -0.4 is 10.5 Å². The van der Waals surface area contributed by atoms with Crippen molar-refractivity contribution in [1.82, 2.24) is 4.90 Å². The molecule has 1 aromatic carbocycles. The average molecular weight is 266 g/mol. The third-order valence-corrected chi connectivity index (χ3v) is 3.08. The number of β-amino-alcohol motifs (C(OH)–C–C–N with tert-alkyl or cyclic N) is 1. The molecule has 1 fully saturated rings. The van der Waals surface area contributed by atoms with Crippen LogP contribution in [-0.2, 0) is 4.74 Å². The summed E-state index contributed by atoms with van der Waals surface area (Å²) in [4.78, 5) is 2.21. The first-order valence-corrected chi connectivity index (χ1v) is 6.70. The number of nitrogens with two attached hydrogens (primary N) is 1. The Labute approximate surface area is 113 Å². The molecule has 1 saturated heterocycles. The smallest absolute Gasteiger partial charge is 0.121 e. The molecule has 19 heavy (non-hydrogen) atoms. The molecular weight excluding hydrogens is 244 g/mol. The van der Waals surface area contributed by atoms with Crippen molar-refractivity contribution in [1.29, 1.82) is 0 Å². The topological polar surface area (TPSA) is 68.0 Å². The number of anilines is 1. The Kier molecular flexibility index (Phi) is 5.44. The van der Waals surface area contributed by atoms with E-state index in [9.17, 15) is 5.11 Å². The molecule has 0 aromatic heterocycles. The predicted octanol–water partition coefficient (Wildman–Crippen LogP) is 0.731. The molecule has 0 aliphatic carbocycles. The zero-order chi connectivity index (χ0) is 13.5. The molecule has 106 valence electrons. The van der Waals surface area contributed by atoms with Gasteiger partial charge in [0.25, 0.3) is 0 Å². The van der Waals surface area contributed by atoms with Gasteiger partial charge in [0.15, 0.2) is 0 Å². The lowest BCUT2D eigenvalue weighted by Crippen LogP contribution is -2.37. The zero-order valence-electron chi connectivity index (χ0n) is 11.1. The van der Waals surface area contributed by atoms with Gasteiger partial charge in [-0.3, -0.25) is 4.90 Å². The summed E-state index contributed by atoms with van der Waals surface area (Å²) in [5, 5.41) is 9.99. The monoisotopic (exact) mass is 266 g/mol. The Balaban J connectivity index is 1.73. The largest absolute Gasteiger partial charge is 0.491 e. The Morgan fingerprint density at radius 1 is 1.37 bits per heavy atom. The van der Waals surface area contributed by atoms with Gasteiger partial charge in [0, 0.05) is 38.0 Å². The number of nitrogen functional groups attached to an aromatic ring is 1. The summed E-state index contributed by atoms with van der Waals surface area (Å²) in [5.74, 6) is 0.693. The summed E-state index contributed by atoms with van der Waals surface area (Å²) in [5.41, 5.74) is 6.33. The van der Waals surface area contributed by atoms with Crippen LogP contribution in [0.25, 0.3) is 0 Å². The van der Waals surface area contributed by atoms with Gasteiger partial charge in [0.05, 0.1) is 6.61 Å². The van der Waals surface area contributed by atoms with Gasteiger partial charge in [-0.25, -0.2) is 0 Å². The summed E-state index contributed by atoms with van der Waals surface area (Å²) < 4.78 is 10.9. The molecule has 2 rings (SSSR count). The molecule has 0 radical (unpaired) electrons. The van der Waals surface area contributed by atoms with E-state index in [1.807, 2.05) is 12.1 Å². The van der Waals surface area contributed by atoms with E-state index in [2.05, 4.69) is 4.90 Å². The first kappa shape index (κ1) is 14.1. The lowest BCUT2D eigenvalue weighted by Gasteiger charge is -2.22. The standard InChI is InChI=1S/C14H22N2O3/c15-12-3-1-4-14(9-12)19-11-13(17)10-16-5-2-7-18-8-6-16/h1,3-4,9,13,17H,2,5-8,10-11,15H2. The molecule has 0 saturated carbocycles. The van der Waals surface area contributed by atoms with Crippen LogP contribution in [0.1, 0.15) is 6.42 Å². The summed E-state index contributed by atoms with van der Waals surface area (Å²) in [6.07, 6.45) is 0.516. The van der Waals surface area contributed by atoms with Crippen molar-refractivity contribution < 1.29 is 14.6 Å². The lowest BCUT2D eigenvalue weighted by molar-refractivity contribution is 0.0659.